The highest BCUT2D eigenvalue weighted by molar-refractivity contribution is 5.90. The van der Waals surface area contributed by atoms with Crippen LogP contribution in [0.3, 0.4) is 0 Å². The Morgan fingerprint density at radius 1 is 1.78 bits per heavy atom. The lowest BCUT2D eigenvalue weighted by Crippen LogP contribution is -2.64. The SMILES string of the molecule is NC1C(=O)N2C=CC[C@H]12. The van der Waals surface area contributed by atoms with E-state index in [0.29, 0.717) is 0 Å². The third kappa shape index (κ3) is 0.428. The van der Waals surface area contributed by atoms with E-state index in [1.54, 1.807) is 4.90 Å². The van der Waals surface area contributed by atoms with Gasteiger partial charge in [0, 0.05) is 6.20 Å². The van der Waals surface area contributed by atoms with E-state index in [9.17, 15) is 4.79 Å². The van der Waals surface area contributed by atoms with Crippen LogP contribution < -0.4 is 5.73 Å². The minimum Gasteiger partial charge on any atom is -0.318 e. The number of nitrogens with two attached hydrogens (primary N) is 1. The van der Waals surface area contributed by atoms with Crippen LogP contribution in [0.4, 0.5) is 0 Å². The molecule has 3 heteroatoms. The molecule has 0 aromatic carbocycles. The van der Waals surface area contributed by atoms with Gasteiger partial charge in [-0.3, -0.25) is 4.79 Å². The van der Waals surface area contributed by atoms with E-state index in [-0.39, 0.29) is 18.0 Å². The molecule has 0 saturated carbocycles. The first-order valence-electron chi connectivity index (χ1n) is 3.05. The zero-order chi connectivity index (χ0) is 6.43. The molecule has 2 N–H and O–H groups in total. The van der Waals surface area contributed by atoms with Crippen LogP contribution in [0.5, 0.6) is 0 Å². The van der Waals surface area contributed by atoms with E-state index >= 15 is 0 Å². The van der Waals surface area contributed by atoms with Crippen molar-refractivity contribution in [3.8, 4) is 0 Å². The van der Waals surface area contributed by atoms with Crippen molar-refractivity contribution in [2.45, 2.75) is 18.5 Å². The van der Waals surface area contributed by atoms with E-state index in [1.165, 1.54) is 0 Å². The van der Waals surface area contributed by atoms with Crippen molar-refractivity contribution in [1.82, 2.24) is 4.90 Å². The highest BCUT2D eigenvalue weighted by Gasteiger charge is 2.44. The van der Waals surface area contributed by atoms with E-state index in [2.05, 4.69) is 0 Å². The Morgan fingerprint density at radius 3 is 3.22 bits per heavy atom. The first kappa shape index (κ1) is 4.99. The highest BCUT2D eigenvalue weighted by Crippen LogP contribution is 2.26. The van der Waals surface area contributed by atoms with Gasteiger partial charge in [0.2, 0.25) is 5.91 Å². The van der Waals surface area contributed by atoms with Crippen LogP contribution in [0, 0.1) is 0 Å². The molecule has 0 bridgehead atoms. The smallest absolute Gasteiger partial charge is 0.245 e. The molecule has 0 spiro atoms. The van der Waals surface area contributed by atoms with Crippen molar-refractivity contribution in [3.05, 3.63) is 12.3 Å². The topological polar surface area (TPSA) is 46.3 Å². The molecule has 2 aliphatic rings. The van der Waals surface area contributed by atoms with Gasteiger partial charge in [-0.15, -0.1) is 0 Å². The Hall–Kier alpha value is -0.830. The van der Waals surface area contributed by atoms with Crippen LogP contribution in [-0.4, -0.2) is 22.9 Å². The third-order valence-corrected chi connectivity index (χ3v) is 1.96. The van der Waals surface area contributed by atoms with Gasteiger partial charge in [-0.25, -0.2) is 0 Å². The Labute approximate surface area is 53.1 Å². The minimum atomic E-state index is -0.222. The van der Waals surface area contributed by atoms with Crippen molar-refractivity contribution in [2.24, 2.45) is 5.73 Å². The molecule has 0 aromatic rings. The van der Waals surface area contributed by atoms with E-state index in [1.807, 2.05) is 12.3 Å². The summed E-state index contributed by atoms with van der Waals surface area (Å²) in [5.74, 6) is 0.0637. The van der Waals surface area contributed by atoms with Gasteiger partial charge in [-0.1, -0.05) is 6.08 Å². The van der Waals surface area contributed by atoms with Crippen LogP contribution >= 0.6 is 0 Å². The first-order chi connectivity index (χ1) is 4.30. The van der Waals surface area contributed by atoms with Crippen LogP contribution in [0.25, 0.3) is 0 Å². The third-order valence-electron chi connectivity index (χ3n) is 1.96. The monoisotopic (exact) mass is 124 g/mol. The average molecular weight is 124 g/mol. The molecule has 0 aliphatic carbocycles. The fraction of sp³-hybridized carbons (Fsp3) is 0.500. The maximum atomic E-state index is 10.8. The number of carbonyl (C=O) groups excluding carboxylic acids is 1. The number of amides is 1. The van der Waals surface area contributed by atoms with Crippen LogP contribution in [0.15, 0.2) is 12.3 Å². The molecule has 9 heavy (non-hydrogen) atoms. The number of hydrogen-bond acceptors (Lipinski definition) is 2. The number of β-lactam (4-membered cyclic amide) rings is 1. The van der Waals surface area contributed by atoms with Crippen molar-refractivity contribution < 1.29 is 4.79 Å². The lowest BCUT2D eigenvalue weighted by Gasteiger charge is -2.39. The van der Waals surface area contributed by atoms with Gasteiger partial charge in [0.25, 0.3) is 0 Å². The number of carbonyl (C=O) groups is 1. The Bertz CT molecular complexity index is 187. The summed E-state index contributed by atoms with van der Waals surface area (Å²) in [4.78, 5) is 12.5. The largest absolute Gasteiger partial charge is 0.318 e. The fourth-order valence-corrected chi connectivity index (χ4v) is 1.35. The lowest BCUT2D eigenvalue weighted by atomic mass is 9.97. The van der Waals surface area contributed by atoms with E-state index in [4.69, 9.17) is 5.73 Å². The van der Waals surface area contributed by atoms with Crippen LogP contribution in [-0.2, 0) is 4.79 Å². The van der Waals surface area contributed by atoms with Crippen LogP contribution in [0.2, 0.25) is 0 Å². The number of rotatable bonds is 0. The van der Waals surface area contributed by atoms with Crippen molar-refractivity contribution >= 4 is 5.91 Å². The molecule has 1 saturated heterocycles. The predicted octanol–water partition coefficient (Wildman–Crippen LogP) is -0.558. The Morgan fingerprint density at radius 2 is 2.56 bits per heavy atom. The highest BCUT2D eigenvalue weighted by atomic mass is 16.2. The molecular formula is C6H8N2O. The molecule has 2 rings (SSSR count). The average Bonchev–Trinajstić information content (AvgIpc) is 2.30. The standard InChI is InChI=1S/C6H8N2O/c7-5-4-2-1-3-8(4)6(5)9/h1,3-5H,2,7H2/t4-,5?/m1/s1. The van der Waals surface area contributed by atoms with Crippen molar-refractivity contribution in [3.63, 3.8) is 0 Å². The van der Waals surface area contributed by atoms with Gasteiger partial charge < -0.3 is 10.6 Å². The fourth-order valence-electron chi connectivity index (χ4n) is 1.35. The predicted molar refractivity (Wildman–Crippen MR) is 32.4 cm³/mol. The molecule has 1 fully saturated rings. The van der Waals surface area contributed by atoms with Gasteiger partial charge in [0.15, 0.2) is 0 Å². The maximum Gasteiger partial charge on any atom is 0.245 e. The number of nitrogens with zero attached hydrogens (tertiary/aromatic N) is 1. The molecular weight excluding hydrogens is 116 g/mol. The Balaban J connectivity index is 2.21. The zero-order valence-corrected chi connectivity index (χ0v) is 4.95. The van der Waals surface area contributed by atoms with Gasteiger partial charge in [-0.05, 0) is 6.42 Å². The molecule has 2 aliphatic heterocycles. The molecule has 2 heterocycles. The summed E-state index contributed by atoms with van der Waals surface area (Å²) in [6, 6.07) is 0.0671. The molecule has 3 nitrogen and oxygen atoms in total. The molecule has 2 atom stereocenters. The first-order valence-corrected chi connectivity index (χ1v) is 3.05. The number of hydrogen-bond donors (Lipinski definition) is 1. The molecule has 48 valence electrons. The summed E-state index contributed by atoms with van der Waals surface area (Å²) in [5, 5.41) is 0. The second kappa shape index (κ2) is 1.36. The van der Waals surface area contributed by atoms with Crippen molar-refractivity contribution in [1.29, 1.82) is 0 Å². The van der Waals surface area contributed by atoms with Crippen molar-refractivity contribution in [2.75, 3.05) is 0 Å². The minimum absolute atomic E-state index is 0.0637. The summed E-state index contributed by atoms with van der Waals surface area (Å²) in [7, 11) is 0. The van der Waals surface area contributed by atoms with Gasteiger partial charge in [0.05, 0.1) is 6.04 Å². The summed E-state index contributed by atoms with van der Waals surface area (Å²) in [6.07, 6.45) is 4.73. The summed E-state index contributed by atoms with van der Waals surface area (Å²) in [6.45, 7) is 0. The van der Waals surface area contributed by atoms with Gasteiger partial charge in [0.1, 0.15) is 6.04 Å². The summed E-state index contributed by atoms with van der Waals surface area (Å²) in [5.41, 5.74) is 5.48. The van der Waals surface area contributed by atoms with E-state index < -0.39 is 0 Å². The second-order valence-electron chi connectivity index (χ2n) is 2.46. The zero-order valence-electron chi connectivity index (χ0n) is 4.95. The summed E-state index contributed by atoms with van der Waals surface area (Å²) >= 11 is 0. The quantitative estimate of drug-likeness (QED) is 0.440. The van der Waals surface area contributed by atoms with Crippen LogP contribution in [0.1, 0.15) is 6.42 Å². The van der Waals surface area contributed by atoms with Gasteiger partial charge in [-0.2, -0.15) is 0 Å². The number of fused-ring (bicyclic) bond motifs is 1. The molecule has 0 aromatic heterocycles. The molecule has 1 amide bonds. The van der Waals surface area contributed by atoms with E-state index in [0.717, 1.165) is 6.42 Å². The molecule has 0 radical (unpaired) electrons. The normalized spacial score (nSPS) is 38.8. The Kier molecular flexibility index (Phi) is 0.754. The lowest BCUT2D eigenvalue weighted by molar-refractivity contribution is -0.142. The maximum absolute atomic E-state index is 10.8. The summed E-state index contributed by atoms with van der Waals surface area (Å²) < 4.78 is 0. The second-order valence-corrected chi connectivity index (χ2v) is 2.46. The van der Waals surface area contributed by atoms with Gasteiger partial charge >= 0.3 is 0 Å². The molecule has 1 unspecified atom stereocenters.